The van der Waals surface area contributed by atoms with E-state index >= 15 is 0 Å². The summed E-state index contributed by atoms with van der Waals surface area (Å²) in [5, 5.41) is 2.97. The van der Waals surface area contributed by atoms with Crippen LogP contribution in [0.2, 0.25) is 0 Å². The van der Waals surface area contributed by atoms with Crippen LogP contribution >= 0.6 is 0 Å². The van der Waals surface area contributed by atoms with Crippen LogP contribution in [0.1, 0.15) is 24.1 Å². The number of urea groups is 1. The van der Waals surface area contributed by atoms with Gasteiger partial charge in [-0.3, -0.25) is 4.90 Å². The Morgan fingerprint density at radius 3 is 2.46 bits per heavy atom. The first kappa shape index (κ1) is 16.5. The van der Waals surface area contributed by atoms with Crippen LogP contribution in [0.5, 0.6) is 0 Å². The fraction of sp³-hybridized carbons (Fsp3) is 0.278. The predicted octanol–water partition coefficient (Wildman–Crippen LogP) is 2.92. The van der Waals surface area contributed by atoms with Crippen molar-refractivity contribution in [1.82, 2.24) is 5.32 Å². The zero-order valence-corrected chi connectivity index (χ0v) is 14.5. The highest BCUT2D eigenvalue weighted by molar-refractivity contribution is 7.90. The summed E-state index contributed by atoms with van der Waals surface area (Å²) < 4.78 is 23.0. The molecule has 0 saturated carbocycles. The van der Waals surface area contributed by atoms with Crippen molar-refractivity contribution in [2.45, 2.75) is 24.3 Å². The molecule has 6 heteroatoms. The van der Waals surface area contributed by atoms with Crippen LogP contribution < -0.4 is 10.2 Å². The first-order valence-corrected chi connectivity index (χ1v) is 9.71. The Morgan fingerprint density at radius 1 is 1.12 bits per heavy atom. The zero-order chi connectivity index (χ0) is 17.3. The number of amides is 2. The minimum absolute atomic E-state index is 0.139. The van der Waals surface area contributed by atoms with E-state index < -0.39 is 9.84 Å². The second-order valence-corrected chi connectivity index (χ2v) is 8.06. The molecule has 2 amide bonds. The summed E-state index contributed by atoms with van der Waals surface area (Å²) in [5.74, 6) is 0. The van der Waals surface area contributed by atoms with Gasteiger partial charge in [0.1, 0.15) is 0 Å². The van der Waals surface area contributed by atoms with E-state index in [1.54, 1.807) is 29.2 Å². The minimum atomic E-state index is -3.21. The molecule has 2 aromatic carbocycles. The third kappa shape index (κ3) is 3.28. The molecule has 0 spiro atoms. The van der Waals surface area contributed by atoms with Crippen molar-refractivity contribution in [2.24, 2.45) is 0 Å². The molecule has 1 aliphatic rings. The van der Waals surface area contributed by atoms with Gasteiger partial charge < -0.3 is 5.32 Å². The zero-order valence-electron chi connectivity index (χ0n) is 13.7. The lowest BCUT2D eigenvalue weighted by Crippen LogP contribution is -2.40. The number of hydrogen-bond acceptors (Lipinski definition) is 3. The molecule has 0 radical (unpaired) electrons. The van der Waals surface area contributed by atoms with Crippen molar-refractivity contribution >= 4 is 21.6 Å². The van der Waals surface area contributed by atoms with Gasteiger partial charge in [0.05, 0.1) is 10.9 Å². The van der Waals surface area contributed by atoms with Crippen LogP contribution in [0.4, 0.5) is 10.5 Å². The third-order valence-corrected chi connectivity index (χ3v) is 5.41. The van der Waals surface area contributed by atoms with Crippen LogP contribution in [0, 0.1) is 0 Å². The van der Waals surface area contributed by atoms with Gasteiger partial charge in [-0.1, -0.05) is 30.3 Å². The van der Waals surface area contributed by atoms with Crippen molar-refractivity contribution in [3.8, 4) is 0 Å². The Labute approximate surface area is 142 Å². The number of para-hydroxylation sites is 1. The van der Waals surface area contributed by atoms with E-state index in [-0.39, 0.29) is 17.0 Å². The average molecular weight is 344 g/mol. The Balaban J connectivity index is 1.71. The predicted molar refractivity (Wildman–Crippen MR) is 94.0 cm³/mol. The van der Waals surface area contributed by atoms with Gasteiger partial charge in [0, 0.05) is 18.5 Å². The van der Waals surface area contributed by atoms with E-state index in [0.29, 0.717) is 6.54 Å². The molecule has 1 unspecified atom stereocenters. The summed E-state index contributed by atoms with van der Waals surface area (Å²) in [7, 11) is -3.21. The Bertz CT molecular complexity index is 860. The van der Waals surface area contributed by atoms with Gasteiger partial charge in [-0.05, 0) is 42.7 Å². The van der Waals surface area contributed by atoms with E-state index in [9.17, 15) is 13.2 Å². The number of sulfone groups is 1. The van der Waals surface area contributed by atoms with Gasteiger partial charge in [-0.2, -0.15) is 0 Å². The number of benzene rings is 2. The smallest absolute Gasteiger partial charge is 0.322 e. The van der Waals surface area contributed by atoms with E-state index in [1.165, 1.54) is 11.8 Å². The normalized spacial score (nSPS) is 15.0. The number of carbonyl (C=O) groups excluding carboxylic acids is 1. The number of carbonyl (C=O) groups is 1. The first-order valence-electron chi connectivity index (χ1n) is 7.82. The second-order valence-electron chi connectivity index (χ2n) is 6.04. The van der Waals surface area contributed by atoms with Crippen molar-refractivity contribution < 1.29 is 13.2 Å². The lowest BCUT2D eigenvalue weighted by atomic mass is 10.1. The highest BCUT2D eigenvalue weighted by atomic mass is 32.2. The molecule has 24 heavy (non-hydrogen) atoms. The van der Waals surface area contributed by atoms with Crippen molar-refractivity contribution in [1.29, 1.82) is 0 Å². The van der Waals surface area contributed by atoms with Gasteiger partial charge >= 0.3 is 6.03 Å². The maximum absolute atomic E-state index is 12.5. The van der Waals surface area contributed by atoms with Gasteiger partial charge in [0.25, 0.3) is 0 Å². The van der Waals surface area contributed by atoms with Crippen LogP contribution in [-0.4, -0.2) is 27.2 Å². The van der Waals surface area contributed by atoms with Crippen molar-refractivity contribution in [3.63, 3.8) is 0 Å². The van der Waals surface area contributed by atoms with Gasteiger partial charge in [-0.15, -0.1) is 0 Å². The molecule has 1 aliphatic heterocycles. The largest absolute Gasteiger partial charge is 0.331 e. The van der Waals surface area contributed by atoms with E-state index in [0.717, 1.165) is 17.7 Å². The molecule has 0 aromatic heterocycles. The number of nitrogens with one attached hydrogen (secondary N) is 1. The van der Waals surface area contributed by atoms with Gasteiger partial charge in [0.15, 0.2) is 9.84 Å². The Morgan fingerprint density at radius 2 is 1.79 bits per heavy atom. The molecule has 1 atom stereocenters. The van der Waals surface area contributed by atoms with Crippen LogP contribution in [-0.2, 0) is 16.3 Å². The summed E-state index contributed by atoms with van der Waals surface area (Å²) in [5.41, 5.74) is 3.00. The molecule has 3 rings (SSSR count). The van der Waals surface area contributed by atoms with Crippen molar-refractivity contribution in [3.05, 3.63) is 59.7 Å². The summed E-state index contributed by atoms with van der Waals surface area (Å²) in [6, 6.07) is 14.2. The van der Waals surface area contributed by atoms with Crippen molar-refractivity contribution in [2.75, 3.05) is 17.7 Å². The number of nitrogens with zero attached hydrogens (tertiary/aromatic N) is 1. The molecule has 1 N–H and O–H groups in total. The molecule has 2 aromatic rings. The maximum atomic E-state index is 12.5. The lowest BCUT2D eigenvalue weighted by Gasteiger charge is -2.22. The lowest BCUT2D eigenvalue weighted by molar-refractivity contribution is 0.244. The third-order valence-electron chi connectivity index (χ3n) is 4.28. The quantitative estimate of drug-likeness (QED) is 0.931. The molecule has 0 fully saturated rings. The molecular weight excluding hydrogens is 324 g/mol. The monoisotopic (exact) mass is 344 g/mol. The van der Waals surface area contributed by atoms with Crippen LogP contribution in [0.3, 0.4) is 0 Å². The molecular formula is C18H20N2O3S. The SMILES string of the molecule is CC(NC(=O)N1CCc2ccccc21)c1ccc(S(C)(=O)=O)cc1. The van der Waals surface area contributed by atoms with Gasteiger partial charge in [0.2, 0.25) is 0 Å². The number of rotatable bonds is 3. The highest BCUT2D eigenvalue weighted by Gasteiger charge is 2.25. The molecule has 0 bridgehead atoms. The maximum Gasteiger partial charge on any atom is 0.322 e. The first-order chi connectivity index (χ1) is 11.4. The average Bonchev–Trinajstić information content (AvgIpc) is 2.98. The molecule has 1 heterocycles. The molecule has 126 valence electrons. The minimum Gasteiger partial charge on any atom is -0.331 e. The molecule has 0 saturated heterocycles. The summed E-state index contributed by atoms with van der Waals surface area (Å²) >= 11 is 0. The number of anilines is 1. The standard InChI is InChI=1S/C18H20N2O3S/c1-13(14-7-9-16(10-8-14)24(2,22)23)19-18(21)20-12-11-15-5-3-4-6-17(15)20/h3-10,13H,11-12H2,1-2H3,(H,19,21). The van der Waals surface area contributed by atoms with Crippen LogP contribution in [0.15, 0.2) is 53.4 Å². The summed E-state index contributed by atoms with van der Waals surface area (Å²) in [6.45, 7) is 2.56. The molecule has 5 nitrogen and oxygen atoms in total. The highest BCUT2D eigenvalue weighted by Crippen LogP contribution is 2.27. The van der Waals surface area contributed by atoms with E-state index in [2.05, 4.69) is 5.32 Å². The van der Waals surface area contributed by atoms with E-state index in [1.807, 2.05) is 31.2 Å². The van der Waals surface area contributed by atoms with E-state index in [4.69, 9.17) is 0 Å². The topological polar surface area (TPSA) is 66.5 Å². The second kappa shape index (κ2) is 6.28. The summed E-state index contributed by atoms with van der Waals surface area (Å²) in [4.78, 5) is 14.6. The summed E-state index contributed by atoms with van der Waals surface area (Å²) in [6.07, 6.45) is 2.04. The number of fused-ring (bicyclic) bond motifs is 1. The Hall–Kier alpha value is -2.34. The Kier molecular flexibility index (Phi) is 4.32. The molecule has 0 aliphatic carbocycles. The van der Waals surface area contributed by atoms with Gasteiger partial charge in [-0.25, -0.2) is 13.2 Å². The van der Waals surface area contributed by atoms with Crippen LogP contribution in [0.25, 0.3) is 0 Å². The fourth-order valence-electron chi connectivity index (χ4n) is 2.90. The fourth-order valence-corrected chi connectivity index (χ4v) is 3.53. The number of hydrogen-bond donors (Lipinski definition) is 1.